The van der Waals surface area contributed by atoms with E-state index in [4.69, 9.17) is 9.15 Å². The molecule has 0 aliphatic carbocycles. The lowest BCUT2D eigenvalue weighted by atomic mass is 10.1. The van der Waals surface area contributed by atoms with E-state index in [0.29, 0.717) is 31.2 Å². The summed E-state index contributed by atoms with van der Waals surface area (Å²) in [6.07, 6.45) is -3.63. The number of hydrogen-bond donors (Lipinski definition) is 2. The monoisotopic (exact) mass is 484 g/mol. The van der Waals surface area contributed by atoms with E-state index in [1.54, 1.807) is 0 Å². The zero-order valence-electron chi connectivity index (χ0n) is 19.3. The van der Waals surface area contributed by atoms with Crippen LogP contribution in [0, 0.1) is 0 Å². The third kappa shape index (κ3) is 8.08. The molecule has 2 N–H and O–H groups in total. The number of rotatable bonds is 10. The first-order chi connectivity index (χ1) is 16.1. The van der Waals surface area contributed by atoms with Crippen molar-refractivity contribution in [1.29, 1.82) is 0 Å². The zero-order valence-corrected chi connectivity index (χ0v) is 19.3. The maximum absolute atomic E-state index is 12.8. The first kappa shape index (κ1) is 26.1. The highest BCUT2D eigenvalue weighted by atomic mass is 19.4. The summed E-state index contributed by atoms with van der Waals surface area (Å²) in [7, 11) is 0. The number of oxazole rings is 1. The number of alkyl halides is 3. The summed E-state index contributed by atoms with van der Waals surface area (Å²) < 4.78 is 49.3. The van der Waals surface area contributed by atoms with Crippen LogP contribution in [0.25, 0.3) is 0 Å². The van der Waals surface area contributed by atoms with Crippen molar-refractivity contribution >= 4 is 5.91 Å². The van der Waals surface area contributed by atoms with Crippen molar-refractivity contribution in [3.05, 3.63) is 53.2 Å². The predicted molar refractivity (Wildman–Crippen MR) is 118 cm³/mol. The van der Waals surface area contributed by atoms with E-state index >= 15 is 0 Å². The van der Waals surface area contributed by atoms with Crippen molar-refractivity contribution in [1.82, 2.24) is 20.1 Å². The molecule has 0 spiro atoms. The second-order valence-electron chi connectivity index (χ2n) is 8.62. The lowest BCUT2D eigenvalue weighted by Gasteiger charge is -2.35. The minimum Gasteiger partial charge on any atom is -0.447 e. The number of β-amino-alcohol motifs (C(OH)–C–C–N with tert-alkyl or cyclic N) is 1. The third-order valence-corrected chi connectivity index (χ3v) is 5.41. The summed E-state index contributed by atoms with van der Waals surface area (Å²) in [5.41, 5.74) is -0.346. The van der Waals surface area contributed by atoms with Gasteiger partial charge in [-0.2, -0.15) is 13.2 Å². The van der Waals surface area contributed by atoms with E-state index < -0.39 is 23.8 Å². The number of halogens is 3. The molecule has 1 aliphatic rings. The molecule has 188 valence electrons. The summed E-state index contributed by atoms with van der Waals surface area (Å²) >= 11 is 0. The quantitative estimate of drug-likeness (QED) is 0.536. The standard InChI is InChI=1S/C23H31F3N4O4/c1-16(2)33-14-19(31)12-29-6-8-30(9-7-29)13-21-28-20(15-34-21)22(32)27-11-17-4-3-5-18(10-17)23(24,25)26/h3-5,10,15-16,19,31H,6-9,11-14H2,1-2H3,(H,27,32). The summed E-state index contributed by atoms with van der Waals surface area (Å²) in [6, 6.07) is 4.81. The molecule has 1 atom stereocenters. The van der Waals surface area contributed by atoms with Crippen LogP contribution >= 0.6 is 0 Å². The first-order valence-corrected chi connectivity index (χ1v) is 11.2. The average molecular weight is 485 g/mol. The van der Waals surface area contributed by atoms with Crippen LogP contribution in [0.5, 0.6) is 0 Å². The Balaban J connectivity index is 1.42. The van der Waals surface area contributed by atoms with Gasteiger partial charge in [-0.3, -0.25) is 14.6 Å². The smallest absolute Gasteiger partial charge is 0.416 e. The van der Waals surface area contributed by atoms with Gasteiger partial charge in [0, 0.05) is 39.3 Å². The molecule has 1 unspecified atom stereocenters. The van der Waals surface area contributed by atoms with Gasteiger partial charge in [-0.15, -0.1) is 0 Å². The molecular formula is C23H31F3N4O4. The van der Waals surface area contributed by atoms with Crippen LogP contribution in [0.4, 0.5) is 13.2 Å². The van der Waals surface area contributed by atoms with Gasteiger partial charge in [0.2, 0.25) is 5.89 Å². The number of aliphatic hydroxyl groups excluding tert-OH is 1. The van der Waals surface area contributed by atoms with E-state index in [-0.39, 0.29) is 18.3 Å². The van der Waals surface area contributed by atoms with Crippen molar-refractivity contribution in [2.75, 3.05) is 39.3 Å². The van der Waals surface area contributed by atoms with Gasteiger partial charge in [-0.25, -0.2) is 4.98 Å². The van der Waals surface area contributed by atoms with Gasteiger partial charge in [0.1, 0.15) is 6.26 Å². The Morgan fingerprint density at radius 2 is 1.94 bits per heavy atom. The maximum Gasteiger partial charge on any atom is 0.416 e. The summed E-state index contributed by atoms with van der Waals surface area (Å²) in [5.74, 6) is -0.127. The van der Waals surface area contributed by atoms with Crippen molar-refractivity contribution in [2.24, 2.45) is 0 Å². The Hall–Kier alpha value is -2.47. The molecule has 1 saturated heterocycles. The number of benzene rings is 1. The molecule has 1 aliphatic heterocycles. The molecule has 0 saturated carbocycles. The number of nitrogens with one attached hydrogen (secondary N) is 1. The van der Waals surface area contributed by atoms with E-state index in [1.807, 2.05) is 13.8 Å². The van der Waals surface area contributed by atoms with E-state index in [2.05, 4.69) is 20.1 Å². The van der Waals surface area contributed by atoms with Gasteiger partial charge in [0.25, 0.3) is 5.91 Å². The topological polar surface area (TPSA) is 91.1 Å². The normalized spacial score (nSPS) is 16.7. The van der Waals surface area contributed by atoms with Crippen LogP contribution in [0.2, 0.25) is 0 Å². The van der Waals surface area contributed by atoms with Gasteiger partial charge in [-0.05, 0) is 31.5 Å². The number of nitrogens with zero attached hydrogens (tertiary/aromatic N) is 3. The SMILES string of the molecule is CC(C)OCC(O)CN1CCN(Cc2nc(C(=O)NCc3cccc(C(F)(F)F)c3)co2)CC1. The maximum atomic E-state index is 12.8. The highest BCUT2D eigenvalue weighted by molar-refractivity contribution is 5.91. The van der Waals surface area contributed by atoms with Gasteiger partial charge in [-0.1, -0.05) is 12.1 Å². The second kappa shape index (κ2) is 11.8. The molecule has 0 radical (unpaired) electrons. The van der Waals surface area contributed by atoms with Gasteiger partial charge >= 0.3 is 6.18 Å². The Bertz CT molecular complexity index is 927. The highest BCUT2D eigenvalue weighted by Gasteiger charge is 2.30. The molecule has 1 fully saturated rings. The minimum absolute atomic E-state index is 0.0546. The average Bonchev–Trinajstić information content (AvgIpc) is 3.25. The molecule has 8 nitrogen and oxygen atoms in total. The number of ether oxygens (including phenoxy) is 1. The number of carbonyl (C=O) groups is 1. The van der Waals surface area contributed by atoms with Crippen molar-refractivity contribution in [3.8, 4) is 0 Å². The number of hydrogen-bond acceptors (Lipinski definition) is 7. The Kier molecular flexibility index (Phi) is 9.06. The molecule has 1 aromatic heterocycles. The third-order valence-electron chi connectivity index (χ3n) is 5.41. The first-order valence-electron chi connectivity index (χ1n) is 11.2. The predicted octanol–water partition coefficient (Wildman–Crippen LogP) is 2.53. The zero-order chi connectivity index (χ0) is 24.7. The van der Waals surface area contributed by atoms with Gasteiger partial charge in [0.05, 0.1) is 30.9 Å². The summed E-state index contributed by atoms with van der Waals surface area (Å²) in [5, 5.41) is 12.6. The molecule has 1 amide bonds. The fourth-order valence-electron chi connectivity index (χ4n) is 3.59. The van der Waals surface area contributed by atoms with E-state index in [1.165, 1.54) is 18.4 Å². The largest absolute Gasteiger partial charge is 0.447 e. The van der Waals surface area contributed by atoms with Gasteiger partial charge < -0.3 is 19.6 Å². The number of amides is 1. The molecule has 11 heteroatoms. The fraction of sp³-hybridized carbons (Fsp3) is 0.565. The summed E-state index contributed by atoms with van der Waals surface area (Å²) in [6.45, 7) is 8.19. The second-order valence-corrected chi connectivity index (χ2v) is 8.62. The van der Waals surface area contributed by atoms with Crippen LogP contribution < -0.4 is 5.32 Å². The molecule has 1 aromatic carbocycles. The number of piperazine rings is 1. The molecule has 0 bridgehead atoms. The molecule has 2 aromatic rings. The summed E-state index contributed by atoms with van der Waals surface area (Å²) in [4.78, 5) is 20.9. The van der Waals surface area contributed by atoms with Crippen molar-refractivity contribution < 1.29 is 32.2 Å². The molecule has 34 heavy (non-hydrogen) atoms. The molecule has 3 rings (SSSR count). The highest BCUT2D eigenvalue weighted by Crippen LogP contribution is 2.29. The number of carbonyl (C=O) groups excluding carboxylic acids is 1. The lowest BCUT2D eigenvalue weighted by molar-refractivity contribution is -0.137. The van der Waals surface area contributed by atoms with Crippen LogP contribution in [-0.4, -0.2) is 77.3 Å². The van der Waals surface area contributed by atoms with Crippen molar-refractivity contribution in [3.63, 3.8) is 0 Å². The Labute approximate surface area is 196 Å². The van der Waals surface area contributed by atoms with Crippen LogP contribution in [0.15, 0.2) is 34.9 Å². The van der Waals surface area contributed by atoms with Crippen LogP contribution in [-0.2, 0) is 24.0 Å². The van der Waals surface area contributed by atoms with Crippen LogP contribution in [0.1, 0.15) is 41.4 Å². The van der Waals surface area contributed by atoms with Gasteiger partial charge in [0.15, 0.2) is 5.69 Å². The number of aromatic nitrogens is 1. The minimum atomic E-state index is -4.44. The molecule has 2 heterocycles. The lowest BCUT2D eigenvalue weighted by Crippen LogP contribution is -2.48. The van der Waals surface area contributed by atoms with E-state index in [0.717, 1.165) is 38.3 Å². The number of aliphatic hydroxyl groups is 1. The van der Waals surface area contributed by atoms with Crippen molar-refractivity contribution in [2.45, 2.75) is 45.3 Å². The van der Waals surface area contributed by atoms with Crippen LogP contribution in [0.3, 0.4) is 0 Å². The molecular weight excluding hydrogens is 453 g/mol. The fourth-order valence-corrected chi connectivity index (χ4v) is 3.59. The Morgan fingerprint density at radius 1 is 1.24 bits per heavy atom. The Morgan fingerprint density at radius 3 is 2.62 bits per heavy atom. The van der Waals surface area contributed by atoms with E-state index in [9.17, 15) is 23.1 Å².